The predicted molar refractivity (Wildman–Crippen MR) is 53.6 cm³/mol. The minimum atomic E-state index is -1.44. The molecule has 0 radical (unpaired) electrons. The van der Waals surface area contributed by atoms with Gasteiger partial charge in [-0.1, -0.05) is 0 Å². The van der Waals surface area contributed by atoms with Crippen molar-refractivity contribution in [3.05, 3.63) is 0 Å². The molecule has 1 fully saturated rings. The summed E-state index contributed by atoms with van der Waals surface area (Å²) in [6, 6.07) is 1.91. The topological polar surface area (TPSA) is 153 Å². The fourth-order valence-corrected chi connectivity index (χ4v) is 1.37. The van der Waals surface area contributed by atoms with Gasteiger partial charge in [0, 0.05) is 0 Å². The number of nitriles is 2. The Morgan fingerprint density at radius 2 is 2.00 bits per heavy atom. The number of aliphatic hydroxyl groups is 3. The van der Waals surface area contributed by atoms with Gasteiger partial charge in [-0.2, -0.15) is 10.5 Å². The van der Waals surface area contributed by atoms with Crippen molar-refractivity contribution in [2.45, 2.75) is 30.6 Å². The average Bonchev–Trinajstić information content (AvgIpc) is 2.34. The summed E-state index contributed by atoms with van der Waals surface area (Å²) >= 11 is 0. The second kappa shape index (κ2) is 5.68. The van der Waals surface area contributed by atoms with Crippen LogP contribution in [0.2, 0.25) is 0 Å². The quantitative estimate of drug-likeness (QED) is 0.340. The zero-order valence-electron chi connectivity index (χ0n) is 8.74. The number of hydrogen-bond donors (Lipinski definition) is 5. The van der Waals surface area contributed by atoms with Gasteiger partial charge in [0.15, 0.2) is 0 Å². The van der Waals surface area contributed by atoms with E-state index in [2.05, 4.69) is 5.32 Å². The first-order chi connectivity index (χ1) is 8.01. The second-order valence-electron chi connectivity index (χ2n) is 3.56. The monoisotopic (exact) mass is 240 g/mol. The van der Waals surface area contributed by atoms with Crippen LogP contribution in [0.15, 0.2) is 0 Å². The van der Waals surface area contributed by atoms with E-state index in [0.29, 0.717) is 0 Å². The Labute approximate surface area is 97.2 Å². The molecule has 0 spiro atoms. The van der Waals surface area contributed by atoms with E-state index in [1.54, 1.807) is 6.07 Å². The summed E-state index contributed by atoms with van der Waals surface area (Å²) in [5.74, 6) is 0. The number of nitrogens with one attached hydrogen (secondary N) is 2. The van der Waals surface area contributed by atoms with Gasteiger partial charge in [0.25, 0.3) is 0 Å². The first-order valence-electron chi connectivity index (χ1n) is 4.81. The van der Waals surface area contributed by atoms with E-state index in [9.17, 15) is 15.3 Å². The molecule has 1 rings (SSSR count). The molecule has 92 valence electrons. The minimum Gasteiger partial charge on any atom is -0.388 e. The third-order valence-corrected chi connectivity index (χ3v) is 2.37. The zero-order chi connectivity index (χ0) is 13.0. The maximum atomic E-state index is 9.55. The summed E-state index contributed by atoms with van der Waals surface area (Å²) in [6.07, 6.45) is -5.18. The van der Waals surface area contributed by atoms with E-state index in [0.717, 1.165) is 0 Å². The Balaban J connectivity index is 2.66. The van der Waals surface area contributed by atoms with Crippen LogP contribution in [0.5, 0.6) is 0 Å². The molecule has 1 aliphatic heterocycles. The Morgan fingerprint density at radius 3 is 2.53 bits per heavy atom. The van der Waals surface area contributed by atoms with Crippen LogP contribution in [0.3, 0.4) is 0 Å². The lowest BCUT2D eigenvalue weighted by Gasteiger charge is -2.36. The maximum Gasteiger partial charge on any atom is 0.150 e. The molecule has 0 aliphatic carbocycles. The lowest BCUT2D eigenvalue weighted by atomic mass is 10.0. The lowest BCUT2D eigenvalue weighted by molar-refractivity contribution is -0.195. The number of aliphatic hydroxyl groups excluding tert-OH is 3. The molecule has 1 heterocycles. The molecule has 0 bridgehead atoms. The molecule has 5 N–H and O–H groups in total. The van der Waals surface area contributed by atoms with Crippen LogP contribution in [0, 0.1) is 28.1 Å². The highest BCUT2D eigenvalue weighted by molar-refractivity contribution is 6.01. The highest BCUT2D eigenvalue weighted by Gasteiger charge is 2.38. The smallest absolute Gasteiger partial charge is 0.150 e. The molecule has 8 heteroatoms. The van der Waals surface area contributed by atoms with Crippen molar-refractivity contribution >= 4 is 5.71 Å². The Bertz CT molecular complexity index is 374. The van der Waals surface area contributed by atoms with Crippen LogP contribution < -0.4 is 5.32 Å². The van der Waals surface area contributed by atoms with E-state index in [4.69, 9.17) is 20.7 Å². The summed E-state index contributed by atoms with van der Waals surface area (Å²) in [6.45, 7) is -0.214. The van der Waals surface area contributed by atoms with Crippen molar-refractivity contribution in [2.24, 2.45) is 0 Å². The van der Waals surface area contributed by atoms with Crippen LogP contribution in [-0.4, -0.2) is 58.2 Å². The average molecular weight is 240 g/mol. The standard InChI is InChI=1S/C9H12N4O4/c10-1-4(12)5(2-11)13-9-8(16)7(15)6(14)3-17-9/h5-9,12-16H,3H2/t5-,6+,7+,8+,9-/m0/s1. The molecule has 1 saturated heterocycles. The largest absolute Gasteiger partial charge is 0.388 e. The summed E-state index contributed by atoms with van der Waals surface area (Å²) in [4.78, 5) is 0. The van der Waals surface area contributed by atoms with Gasteiger partial charge in [0.2, 0.25) is 0 Å². The fourth-order valence-electron chi connectivity index (χ4n) is 1.37. The van der Waals surface area contributed by atoms with Crippen LogP contribution in [0.1, 0.15) is 0 Å². The van der Waals surface area contributed by atoms with Gasteiger partial charge in [0.05, 0.1) is 12.7 Å². The number of ether oxygens (including phenoxy) is 1. The summed E-state index contributed by atoms with van der Waals surface area (Å²) in [5.41, 5.74) is -0.524. The minimum absolute atomic E-state index is 0.214. The third kappa shape index (κ3) is 2.97. The van der Waals surface area contributed by atoms with E-state index in [1.807, 2.05) is 0 Å². The molecule has 0 unspecified atom stereocenters. The van der Waals surface area contributed by atoms with E-state index >= 15 is 0 Å². The second-order valence-corrected chi connectivity index (χ2v) is 3.56. The molecule has 0 aromatic heterocycles. The van der Waals surface area contributed by atoms with Gasteiger partial charge in [-0.15, -0.1) is 0 Å². The van der Waals surface area contributed by atoms with Gasteiger partial charge in [-0.25, -0.2) is 0 Å². The van der Waals surface area contributed by atoms with Crippen molar-refractivity contribution in [1.29, 1.82) is 15.9 Å². The fraction of sp³-hybridized carbons (Fsp3) is 0.667. The molecule has 8 nitrogen and oxygen atoms in total. The summed E-state index contributed by atoms with van der Waals surface area (Å²) < 4.78 is 4.97. The molecule has 1 aliphatic rings. The zero-order valence-corrected chi connectivity index (χ0v) is 8.74. The molecular formula is C9H12N4O4. The van der Waals surface area contributed by atoms with Gasteiger partial charge in [-0.3, -0.25) is 10.7 Å². The number of nitrogens with zero attached hydrogens (tertiary/aromatic N) is 2. The third-order valence-electron chi connectivity index (χ3n) is 2.37. The molecular weight excluding hydrogens is 228 g/mol. The highest BCUT2D eigenvalue weighted by Crippen LogP contribution is 2.14. The van der Waals surface area contributed by atoms with Crippen molar-refractivity contribution in [2.75, 3.05) is 6.61 Å². The predicted octanol–water partition coefficient (Wildman–Crippen LogP) is -2.55. The summed E-state index contributed by atoms with van der Waals surface area (Å²) in [5, 5.41) is 54.9. The summed E-state index contributed by atoms with van der Waals surface area (Å²) in [7, 11) is 0. The van der Waals surface area contributed by atoms with Crippen molar-refractivity contribution in [3.8, 4) is 12.1 Å². The van der Waals surface area contributed by atoms with Crippen molar-refractivity contribution in [3.63, 3.8) is 0 Å². The first kappa shape index (κ1) is 13.5. The molecule has 17 heavy (non-hydrogen) atoms. The SMILES string of the molecule is N#CC(=N)[C@H](C#N)N[C@H]1OC[C@@H](O)[C@@H](O)[C@H]1O. The number of rotatable bonds is 3. The van der Waals surface area contributed by atoms with E-state index < -0.39 is 36.3 Å². The molecule has 0 amide bonds. The van der Waals surface area contributed by atoms with Crippen LogP contribution >= 0.6 is 0 Å². The molecule has 0 aromatic rings. The Morgan fingerprint density at radius 1 is 1.35 bits per heavy atom. The molecule has 0 aromatic carbocycles. The maximum absolute atomic E-state index is 9.55. The highest BCUT2D eigenvalue weighted by atomic mass is 16.5. The van der Waals surface area contributed by atoms with Gasteiger partial charge < -0.3 is 20.1 Å². The van der Waals surface area contributed by atoms with Crippen LogP contribution in [-0.2, 0) is 4.74 Å². The van der Waals surface area contributed by atoms with Gasteiger partial charge >= 0.3 is 0 Å². The Hall–Kier alpha value is -1.55. The van der Waals surface area contributed by atoms with Crippen molar-refractivity contribution < 1.29 is 20.1 Å². The lowest BCUT2D eigenvalue weighted by Crippen LogP contribution is -2.60. The Kier molecular flexibility index (Phi) is 4.52. The van der Waals surface area contributed by atoms with Gasteiger partial charge in [0.1, 0.15) is 42.4 Å². The normalized spacial score (nSPS) is 34.4. The van der Waals surface area contributed by atoms with Crippen LogP contribution in [0.4, 0.5) is 0 Å². The van der Waals surface area contributed by atoms with Gasteiger partial charge in [-0.05, 0) is 0 Å². The first-order valence-corrected chi connectivity index (χ1v) is 4.81. The number of hydrogen-bond acceptors (Lipinski definition) is 8. The van der Waals surface area contributed by atoms with Crippen LogP contribution in [0.25, 0.3) is 0 Å². The van der Waals surface area contributed by atoms with Crippen molar-refractivity contribution in [1.82, 2.24) is 5.32 Å². The molecule has 0 saturated carbocycles. The molecule has 5 atom stereocenters. The van der Waals surface area contributed by atoms with E-state index in [1.165, 1.54) is 6.07 Å². The van der Waals surface area contributed by atoms with E-state index in [-0.39, 0.29) is 6.61 Å².